The standard InChI is InChI=1S/C15H15NO4S/c1-10-6-7-14(17)13(8-10)15(18)16-11-4-3-5-12(9-11)21(2,19)20/h3-9,17H,1-2H3,(H,16,18). The summed E-state index contributed by atoms with van der Waals surface area (Å²) in [7, 11) is -3.34. The number of aromatic hydroxyl groups is 1. The number of amides is 1. The molecule has 1 amide bonds. The van der Waals surface area contributed by atoms with E-state index in [1.165, 1.54) is 18.2 Å². The lowest BCUT2D eigenvalue weighted by Crippen LogP contribution is -2.12. The summed E-state index contributed by atoms with van der Waals surface area (Å²) in [4.78, 5) is 12.2. The lowest BCUT2D eigenvalue weighted by atomic mass is 10.1. The van der Waals surface area contributed by atoms with Gasteiger partial charge in [0.2, 0.25) is 0 Å². The van der Waals surface area contributed by atoms with Crippen molar-refractivity contribution in [3.63, 3.8) is 0 Å². The van der Waals surface area contributed by atoms with Crippen molar-refractivity contribution in [2.75, 3.05) is 11.6 Å². The van der Waals surface area contributed by atoms with E-state index in [0.717, 1.165) is 11.8 Å². The first-order valence-electron chi connectivity index (χ1n) is 6.18. The minimum absolute atomic E-state index is 0.119. The minimum atomic E-state index is -3.34. The number of benzene rings is 2. The van der Waals surface area contributed by atoms with Gasteiger partial charge in [-0.25, -0.2) is 8.42 Å². The summed E-state index contributed by atoms with van der Waals surface area (Å²) < 4.78 is 23.0. The van der Waals surface area contributed by atoms with E-state index in [-0.39, 0.29) is 16.2 Å². The molecule has 0 saturated carbocycles. The largest absolute Gasteiger partial charge is 0.507 e. The third-order valence-electron chi connectivity index (χ3n) is 2.92. The second kappa shape index (κ2) is 5.57. The van der Waals surface area contributed by atoms with Crippen LogP contribution in [-0.4, -0.2) is 25.7 Å². The molecule has 0 unspecified atom stereocenters. The van der Waals surface area contributed by atoms with Gasteiger partial charge in [0.15, 0.2) is 9.84 Å². The smallest absolute Gasteiger partial charge is 0.259 e. The van der Waals surface area contributed by atoms with Gasteiger partial charge in [0, 0.05) is 11.9 Å². The summed E-state index contributed by atoms with van der Waals surface area (Å²) in [6, 6.07) is 10.6. The van der Waals surface area contributed by atoms with Crippen molar-refractivity contribution in [1.82, 2.24) is 0 Å². The van der Waals surface area contributed by atoms with Gasteiger partial charge in [-0.3, -0.25) is 4.79 Å². The maximum absolute atomic E-state index is 12.1. The Labute approximate surface area is 123 Å². The molecule has 21 heavy (non-hydrogen) atoms. The van der Waals surface area contributed by atoms with E-state index in [1.807, 2.05) is 0 Å². The molecule has 0 aliphatic rings. The van der Waals surface area contributed by atoms with Crippen LogP contribution in [0, 0.1) is 6.92 Å². The van der Waals surface area contributed by atoms with E-state index in [2.05, 4.69) is 5.32 Å². The van der Waals surface area contributed by atoms with E-state index in [4.69, 9.17) is 0 Å². The number of carbonyl (C=O) groups excluding carboxylic acids is 1. The zero-order chi connectivity index (χ0) is 15.6. The molecule has 2 aromatic carbocycles. The molecular weight excluding hydrogens is 290 g/mol. The Balaban J connectivity index is 2.30. The average Bonchev–Trinajstić information content (AvgIpc) is 2.41. The number of aryl methyl sites for hydroxylation is 1. The number of sulfone groups is 1. The average molecular weight is 305 g/mol. The van der Waals surface area contributed by atoms with Crippen molar-refractivity contribution >= 4 is 21.4 Å². The summed E-state index contributed by atoms with van der Waals surface area (Å²) in [6.07, 6.45) is 1.10. The van der Waals surface area contributed by atoms with Crippen molar-refractivity contribution in [3.8, 4) is 5.75 Å². The van der Waals surface area contributed by atoms with Crippen LogP contribution in [-0.2, 0) is 9.84 Å². The molecule has 0 saturated heterocycles. The van der Waals surface area contributed by atoms with Gasteiger partial charge in [-0.2, -0.15) is 0 Å². The number of hydrogen-bond donors (Lipinski definition) is 2. The molecule has 6 heteroatoms. The Morgan fingerprint density at radius 2 is 1.86 bits per heavy atom. The molecule has 0 aromatic heterocycles. The van der Waals surface area contributed by atoms with Crippen LogP contribution < -0.4 is 5.32 Å². The van der Waals surface area contributed by atoms with Crippen LogP contribution in [0.15, 0.2) is 47.4 Å². The zero-order valence-corrected chi connectivity index (χ0v) is 12.4. The first-order valence-corrected chi connectivity index (χ1v) is 8.07. The van der Waals surface area contributed by atoms with Gasteiger partial charge in [-0.1, -0.05) is 17.7 Å². The zero-order valence-electron chi connectivity index (χ0n) is 11.6. The van der Waals surface area contributed by atoms with E-state index >= 15 is 0 Å². The van der Waals surface area contributed by atoms with Crippen LogP contribution in [0.5, 0.6) is 5.75 Å². The number of hydrogen-bond acceptors (Lipinski definition) is 4. The Hall–Kier alpha value is -2.34. The van der Waals surface area contributed by atoms with Crippen LogP contribution in [0.4, 0.5) is 5.69 Å². The number of carbonyl (C=O) groups is 1. The molecule has 0 radical (unpaired) electrons. The topological polar surface area (TPSA) is 83.5 Å². The highest BCUT2D eigenvalue weighted by atomic mass is 32.2. The molecule has 5 nitrogen and oxygen atoms in total. The molecular formula is C15H15NO4S. The fourth-order valence-electron chi connectivity index (χ4n) is 1.83. The predicted octanol–water partition coefficient (Wildman–Crippen LogP) is 2.36. The summed E-state index contributed by atoms with van der Waals surface area (Å²) in [5.74, 6) is -0.626. The highest BCUT2D eigenvalue weighted by Gasteiger charge is 2.13. The van der Waals surface area contributed by atoms with Crippen LogP contribution in [0.1, 0.15) is 15.9 Å². The van der Waals surface area contributed by atoms with Gasteiger partial charge in [-0.05, 0) is 37.3 Å². The SMILES string of the molecule is Cc1ccc(O)c(C(=O)Nc2cccc(S(C)(=O)=O)c2)c1. The first kappa shape index (κ1) is 15.1. The van der Waals surface area contributed by atoms with Crippen LogP contribution in [0.25, 0.3) is 0 Å². The summed E-state index contributed by atoms with van der Waals surface area (Å²) >= 11 is 0. The van der Waals surface area contributed by atoms with Crippen LogP contribution in [0.2, 0.25) is 0 Å². The quantitative estimate of drug-likeness (QED) is 0.912. The molecule has 0 heterocycles. The summed E-state index contributed by atoms with van der Waals surface area (Å²) in [5.41, 5.74) is 1.33. The number of rotatable bonds is 3. The van der Waals surface area contributed by atoms with Crippen LogP contribution in [0.3, 0.4) is 0 Å². The third kappa shape index (κ3) is 3.61. The molecule has 0 spiro atoms. The third-order valence-corrected chi connectivity index (χ3v) is 4.03. The molecule has 0 aliphatic carbocycles. The molecule has 2 N–H and O–H groups in total. The Morgan fingerprint density at radius 1 is 1.14 bits per heavy atom. The van der Waals surface area contributed by atoms with Crippen LogP contribution >= 0.6 is 0 Å². The summed E-state index contributed by atoms with van der Waals surface area (Å²) in [6.45, 7) is 1.81. The van der Waals surface area contributed by atoms with Crippen molar-refractivity contribution in [3.05, 3.63) is 53.6 Å². The molecule has 2 rings (SSSR count). The normalized spacial score (nSPS) is 11.1. The predicted molar refractivity (Wildman–Crippen MR) is 80.3 cm³/mol. The highest BCUT2D eigenvalue weighted by Crippen LogP contribution is 2.21. The number of phenols is 1. The van der Waals surface area contributed by atoms with Crippen molar-refractivity contribution in [2.45, 2.75) is 11.8 Å². The second-order valence-electron chi connectivity index (χ2n) is 4.77. The molecule has 0 fully saturated rings. The minimum Gasteiger partial charge on any atom is -0.507 e. The van der Waals surface area contributed by atoms with Gasteiger partial charge >= 0.3 is 0 Å². The van der Waals surface area contributed by atoms with E-state index in [1.54, 1.807) is 31.2 Å². The molecule has 2 aromatic rings. The van der Waals surface area contributed by atoms with Crippen molar-refractivity contribution in [1.29, 1.82) is 0 Å². The maximum Gasteiger partial charge on any atom is 0.259 e. The van der Waals surface area contributed by atoms with Gasteiger partial charge in [0.05, 0.1) is 10.5 Å². The Bertz CT molecular complexity index is 797. The molecule has 0 bridgehead atoms. The number of anilines is 1. The van der Waals surface area contributed by atoms with E-state index < -0.39 is 15.7 Å². The number of phenolic OH excluding ortho intramolecular Hbond substituents is 1. The fraction of sp³-hybridized carbons (Fsp3) is 0.133. The monoisotopic (exact) mass is 305 g/mol. The van der Waals surface area contributed by atoms with Crippen molar-refractivity contribution < 1.29 is 18.3 Å². The van der Waals surface area contributed by atoms with Crippen molar-refractivity contribution in [2.24, 2.45) is 0 Å². The molecule has 0 atom stereocenters. The Morgan fingerprint density at radius 3 is 2.52 bits per heavy atom. The Kier molecular flexibility index (Phi) is 3.99. The van der Waals surface area contributed by atoms with E-state index in [9.17, 15) is 18.3 Å². The van der Waals surface area contributed by atoms with Gasteiger partial charge in [0.1, 0.15) is 5.75 Å². The lowest BCUT2D eigenvalue weighted by molar-refractivity contribution is 0.102. The van der Waals surface area contributed by atoms with Gasteiger partial charge < -0.3 is 10.4 Å². The molecule has 110 valence electrons. The first-order chi connectivity index (χ1) is 9.77. The lowest BCUT2D eigenvalue weighted by Gasteiger charge is -2.08. The highest BCUT2D eigenvalue weighted by molar-refractivity contribution is 7.90. The number of nitrogens with one attached hydrogen (secondary N) is 1. The van der Waals surface area contributed by atoms with Gasteiger partial charge in [0.25, 0.3) is 5.91 Å². The van der Waals surface area contributed by atoms with E-state index in [0.29, 0.717) is 5.69 Å². The maximum atomic E-state index is 12.1. The fourth-order valence-corrected chi connectivity index (χ4v) is 2.50. The summed E-state index contributed by atoms with van der Waals surface area (Å²) in [5, 5.41) is 12.3. The molecule has 0 aliphatic heterocycles. The van der Waals surface area contributed by atoms with Gasteiger partial charge in [-0.15, -0.1) is 0 Å². The second-order valence-corrected chi connectivity index (χ2v) is 6.79.